The zero-order chi connectivity index (χ0) is 31.9. The van der Waals surface area contributed by atoms with Crippen LogP contribution in [0.15, 0.2) is 64.4 Å². The molecule has 0 bridgehead atoms. The molecular weight excluding hydrogens is 626 g/mol. The van der Waals surface area contributed by atoms with Gasteiger partial charge in [0.1, 0.15) is 38.8 Å². The second kappa shape index (κ2) is 12.4. The number of β-amino-alcohol motifs (C(OH)–C–C–N with tert-alkyl or cyclic N) is 1. The van der Waals surface area contributed by atoms with Crippen LogP contribution in [0.5, 0.6) is 5.75 Å². The summed E-state index contributed by atoms with van der Waals surface area (Å²) in [5.41, 5.74) is -0.491. The van der Waals surface area contributed by atoms with Crippen molar-refractivity contribution >= 4 is 20.0 Å². The van der Waals surface area contributed by atoms with E-state index in [1.165, 1.54) is 24.3 Å². The fourth-order valence-corrected chi connectivity index (χ4v) is 8.37. The average molecular weight is 658 g/mol. The van der Waals surface area contributed by atoms with E-state index in [0.717, 1.165) is 22.5 Å². The van der Waals surface area contributed by atoms with Gasteiger partial charge in [-0.25, -0.2) is 39.1 Å². The number of rotatable bonds is 3. The lowest BCUT2D eigenvalue weighted by Crippen LogP contribution is -2.51. The minimum absolute atomic E-state index is 0.0192. The molecule has 1 fully saturated rings. The summed E-state index contributed by atoms with van der Waals surface area (Å²) >= 11 is 0. The van der Waals surface area contributed by atoms with Gasteiger partial charge in [0.2, 0.25) is 20.0 Å². The molecule has 1 saturated heterocycles. The van der Waals surface area contributed by atoms with Crippen LogP contribution in [-0.4, -0.2) is 83.6 Å². The van der Waals surface area contributed by atoms with E-state index >= 15 is 0 Å². The van der Waals surface area contributed by atoms with Gasteiger partial charge in [0.05, 0.1) is 12.7 Å². The first-order valence-corrected chi connectivity index (χ1v) is 16.7. The lowest BCUT2D eigenvalue weighted by atomic mass is 9.79. The van der Waals surface area contributed by atoms with Crippen LogP contribution in [0, 0.1) is 28.7 Å². The Morgan fingerprint density at radius 2 is 1.61 bits per heavy atom. The van der Waals surface area contributed by atoms with Gasteiger partial charge in [-0.3, -0.25) is 0 Å². The third-order valence-corrected chi connectivity index (χ3v) is 11.3. The fraction of sp³-hybridized carbons (Fsp3) is 0.379. The first kappa shape index (κ1) is 32.3. The van der Waals surface area contributed by atoms with Gasteiger partial charge in [-0.2, -0.15) is 4.31 Å². The van der Waals surface area contributed by atoms with Gasteiger partial charge in [0.25, 0.3) is 0 Å². The van der Waals surface area contributed by atoms with Crippen molar-refractivity contribution < 1.29 is 44.2 Å². The third kappa shape index (κ3) is 6.77. The first-order chi connectivity index (χ1) is 20.7. The molecule has 15 heteroatoms. The second-order valence-electron chi connectivity index (χ2n) is 11.3. The summed E-state index contributed by atoms with van der Waals surface area (Å²) < 4.78 is 119. The van der Waals surface area contributed by atoms with Gasteiger partial charge in [0.15, 0.2) is 0 Å². The fourth-order valence-electron chi connectivity index (χ4n) is 5.68. The Kier molecular flexibility index (Phi) is 9.08. The molecule has 3 aromatic carbocycles. The van der Waals surface area contributed by atoms with Gasteiger partial charge in [-0.15, -0.1) is 0 Å². The number of fused-ring (bicyclic) bond motifs is 1. The highest BCUT2D eigenvalue weighted by atomic mass is 32.2. The Balaban J connectivity index is 1.48. The minimum atomic E-state index is -4.29. The Morgan fingerprint density at radius 3 is 2.27 bits per heavy atom. The normalized spacial score (nSPS) is 21.5. The summed E-state index contributed by atoms with van der Waals surface area (Å²) in [6.07, 6.45) is -0.630. The molecule has 1 spiro atoms. The molecule has 0 radical (unpaired) electrons. The van der Waals surface area contributed by atoms with Crippen LogP contribution in [0.25, 0.3) is 11.1 Å². The van der Waals surface area contributed by atoms with Crippen LogP contribution in [0.2, 0.25) is 0 Å². The maximum Gasteiger partial charge on any atom is 0.245 e. The molecule has 44 heavy (non-hydrogen) atoms. The number of hydrogen-bond acceptors (Lipinski definition) is 7. The van der Waals surface area contributed by atoms with E-state index in [4.69, 9.17) is 4.74 Å². The Labute approximate surface area is 253 Å². The van der Waals surface area contributed by atoms with Gasteiger partial charge in [-0.1, -0.05) is 6.07 Å². The van der Waals surface area contributed by atoms with E-state index in [1.807, 2.05) is 0 Å². The minimum Gasteiger partial charge on any atom is -0.492 e. The number of benzene rings is 3. The second-order valence-corrected chi connectivity index (χ2v) is 14.9. The number of nitrogens with zero attached hydrogens (tertiary/aromatic N) is 2. The standard InChI is InChI=1S/C29H31F4N3O6S2/c1-35-16-22(37)15-34-43(38,39)28-6-2-19(23-5-3-20(30)13-24(23)32)12-26(28)42-18-29(17-35)8-10-36(11-9-29)44(40,41)27-7-4-21(31)14-25(27)33/h2-7,12-14,22,34,37H,8-11,15-18H2,1H3. The Morgan fingerprint density at radius 1 is 0.955 bits per heavy atom. The summed E-state index contributed by atoms with van der Waals surface area (Å²) in [4.78, 5) is 0.892. The van der Waals surface area contributed by atoms with E-state index in [0.29, 0.717) is 18.7 Å². The Bertz CT molecular complexity index is 1770. The molecule has 0 saturated carbocycles. The van der Waals surface area contributed by atoms with Crippen LogP contribution in [0.3, 0.4) is 0 Å². The summed E-state index contributed by atoms with van der Waals surface area (Å²) in [5.74, 6) is -3.85. The van der Waals surface area contributed by atoms with E-state index in [-0.39, 0.29) is 67.4 Å². The van der Waals surface area contributed by atoms with Gasteiger partial charge < -0.3 is 14.7 Å². The molecule has 1 unspecified atom stereocenters. The number of piperidine rings is 1. The average Bonchev–Trinajstić information content (AvgIpc) is 2.94. The van der Waals surface area contributed by atoms with Gasteiger partial charge >= 0.3 is 0 Å². The van der Waals surface area contributed by atoms with Crippen molar-refractivity contribution in [3.63, 3.8) is 0 Å². The van der Waals surface area contributed by atoms with Crippen molar-refractivity contribution in [1.29, 1.82) is 0 Å². The van der Waals surface area contributed by atoms with Gasteiger partial charge in [0, 0.05) is 55.8 Å². The number of aliphatic hydroxyl groups excluding tert-OH is 1. The number of halogens is 4. The topological polar surface area (TPSA) is 116 Å². The molecule has 0 aromatic heterocycles. The molecule has 1 atom stereocenters. The maximum atomic E-state index is 14.6. The summed E-state index contributed by atoms with van der Waals surface area (Å²) in [6.45, 7) is -0.0222. The molecule has 3 aromatic rings. The van der Waals surface area contributed by atoms with Crippen LogP contribution >= 0.6 is 0 Å². The monoisotopic (exact) mass is 657 g/mol. The predicted octanol–water partition coefficient (Wildman–Crippen LogP) is 3.34. The zero-order valence-corrected chi connectivity index (χ0v) is 25.3. The highest BCUT2D eigenvalue weighted by Gasteiger charge is 2.41. The van der Waals surface area contributed by atoms with E-state index < -0.39 is 59.7 Å². The van der Waals surface area contributed by atoms with E-state index in [2.05, 4.69) is 4.72 Å². The number of ether oxygens (including phenoxy) is 1. The lowest BCUT2D eigenvalue weighted by Gasteiger charge is -2.43. The molecule has 9 nitrogen and oxygen atoms in total. The predicted molar refractivity (Wildman–Crippen MR) is 153 cm³/mol. The number of sulfonamides is 2. The van der Waals surface area contributed by atoms with Crippen LogP contribution in [0.4, 0.5) is 17.6 Å². The largest absolute Gasteiger partial charge is 0.492 e. The number of hydrogen-bond donors (Lipinski definition) is 2. The lowest BCUT2D eigenvalue weighted by molar-refractivity contribution is 0.0318. The van der Waals surface area contributed by atoms with Crippen LogP contribution in [-0.2, 0) is 20.0 Å². The maximum absolute atomic E-state index is 14.6. The molecule has 2 heterocycles. The first-order valence-electron chi connectivity index (χ1n) is 13.7. The summed E-state index contributed by atoms with van der Waals surface area (Å²) in [6, 6.07) is 9.19. The van der Waals surface area contributed by atoms with Crippen molar-refractivity contribution in [1.82, 2.24) is 13.9 Å². The molecule has 0 aliphatic carbocycles. The van der Waals surface area contributed by atoms with Crippen molar-refractivity contribution in [2.75, 3.05) is 46.4 Å². The summed E-state index contributed by atoms with van der Waals surface area (Å²) in [7, 11) is -6.76. The zero-order valence-electron chi connectivity index (χ0n) is 23.6. The smallest absolute Gasteiger partial charge is 0.245 e. The molecule has 0 amide bonds. The highest BCUT2D eigenvalue weighted by molar-refractivity contribution is 7.89. The SMILES string of the molecule is CN1CC(O)CNS(=O)(=O)c2ccc(-c3ccc(F)cc3F)cc2OCC2(CCN(S(=O)(=O)c3ccc(F)cc3F)CC2)C1. The molecule has 5 rings (SSSR count). The molecule has 2 aliphatic rings. The molecule has 238 valence electrons. The van der Waals surface area contributed by atoms with Crippen LogP contribution in [0.1, 0.15) is 12.8 Å². The molecule has 2 aliphatic heterocycles. The van der Waals surface area contributed by atoms with Crippen molar-refractivity contribution in [2.45, 2.75) is 28.7 Å². The molecular formula is C29H31F4N3O6S2. The van der Waals surface area contributed by atoms with Crippen molar-refractivity contribution in [3.05, 3.63) is 77.9 Å². The Hall–Kier alpha value is -3.08. The number of aliphatic hydroxyl groups is 1. The number of nitrogens with one attached hydrogen (secondary N) is 1. The highest BCUT2D eigenvalue weighted by Crippen LogP contribution is 2.38. The van der Waals surface area contributed by atoms with Crippen molar-refractivity contribution in [3.8, 4) is 16.9 Å². The number of likely N-dealkylation sites (N-methyl/N-ethyl adjacent to an activating group) is 1. The quantitative estimate of drug-likeness (QED) is 0.416. The van der Waals surface area contributed by atoms with Gasteiger partial charge in [-0.05, 0) is 61.9 Å². The van der Waals surface area contributed by atoms with Crippen LogP contribution < -0.4 is 9.46 Å². The van der Waals surface area contributed by atoms with Crippen molar-refractivity contribution in [2.24, 2.45) is 5.41 Å². The summed E-state index contributed by atoms with van der Waals surface area (Å²) in [5, 5.41) is 10.6. The van der Waals surface area contributed by atoms with E-state index in [1.54, 1.807) is 11.9 Å². The molecule has 2 N–H and O–H groups in total. The third-order valence-electron chi connectivity index (χ3n) is 7.94. The van der Waals surface area contributed by atoms with E-state index in [9.17, 15) is 39.5 Å².